The molecule has 11 heteroatoms. The molecule has 1 aromatic heterocycles. The summed E-state index contributed by atoms with van der Waals surface area (Å²) >= 11 is 0. The maximum atomic E-state index is 15.0. The third-order valence-corrected chi connectivity index (χ3v) is 9.01. The molecule has 242 valence electrons. The molecule has 2 amide bonds. The van der Waals surface area contributed by atoms with Gasteiger partial charge in [-0.15, -0.1) is 0 Å². The summed E-state index contributed by atoms with van der Waals surface area (Å²) in [6.07, 6.45) is 0.572. The Labute approximate surface area is 261 Å². The van der Waals surface area contributed by atoms with E-state index in [0.717, 1.165) is 5.56 Å². The number of carbonyl (C=O) groups is 2. The summed E-state index contributed by atoms with van der Waals surface area (Å²) in [4.78, 5) is 30.9. The van der Waals surface area contributed by atoms with E-state index in [0.29, 0.717) is 49.2 Å². The molecule has 5 rings (SSSR count). The fraction of sp³-hybridized carbons (Fsp3) is 0.500. The summed E-state index contributed by atoms with van der Waals surface area (Å²) in [6, 6.07) is 9.90. The number of likely N-dealkylation sites (tertiary alicyclic amines) is 2. The molecular weight excluding hydrogens is 586 g/mol. The molecule has 0 bridgehead atoms. The largest absolute Gasteiger partial charge is 0.404 e. The van der Waals surface area contributed by atoms with Crippen LogP contribution in [0.1, 0.15) is 79.5 Å². The normalized spacial score (nSPS) is 21.2. The number of nitrogens with zero attached hydrogens (tertiary/aromatic N) is 4. The number of rotatable bonds is 7. The highest BCUT2D eigenvalue weighted by Gasteiger charge is 2.46. The van der Waals surface area contributed by atoms with Gasteiger partial charge in [0.1, 0.15) is 11.9 Å². The van der Waals surface area contributed by atoms with Gasteiger partial charge in [0.15, 0.2) is 0 Å². The number of hydrogen-bond donors (Lipinski definition) is 1. The summed E-state index contributed by atoms with van der Waals surface area (Å²) < 4.78 is 57.0. The molecule has 0 radical (unpaired) electrons. The molecule has 45 heavy (non-hydrogen) atoms. The molecule has 3 heterocycles. The molecule has 2 aliphatic heterocycles. The van der Waals surface area contributed by atoms with Crippen LogP contribution in [-0.4, -0.2) is 63.2 Å². The zero-order chi connectivity index (χ0) is 32.5. The third kappa shape index (κ3) is 7.24. The second-order valence-electron chi connectivity index (χ2n) is 13.2. The van der Waals surface area contributed by atoms with Crippen LogP contribution >= 0.6 is 0 Å². The lowest BCUT2D eigenvalue weighted by atomic mass is 9.84. The maximum absolute atomic E-state index is 15.0. The molecule has 0 aliphatic carbocycles. The number of piperidine rings is 1. The topological polar surface area (TPSA) is 70.5 Å². The van der Waals surface area contributed by atoms with Crippen molar-refractivity contribution in [1.82, 2.24) is 19.6 Å². The third-order valence-electron chi connectivity index (χ3n) is 9.01. The number of anilines is 1. The van der Waals surface area contributed by atoms with Crippen LogP contribution in [-0.2, 0) is 16.8 Å². The molecule has 3 aromatic rings. The van der Waals surface area contributed by atoms with Gasteiger partial charge in [0.05, 0.1) is 30.3 Å². The lowest BCUT2D eigenvalue weighted by Gasteiger charge is -2.40. The maximum Gasteiger partial charge on any atom is 0.404 e. The van der Waals surface area contributed by atoms with Crippen molar-refractivity contribution < 1.29 is 27.2 Å². The van der Waals surface area contributed by atoms with Gasteiger partial charge < -0.3 is 10.2 Å². The van der Waals surface area contributed by atoms with E-state index in [1.807, 2.05) is 24.3 Å². The monoisotopic (exact) mass is 627 g/mol. The van der Waals surface area contributed by atoms with E-state index in [2.05, 4.69) is 31.2 Å². The summed E-state index contributed by atoms with van der Waals surface area (Å²) in [6.45, 7) is 9.00. The minimum absolute atomic E-state index is 0.0407. The fourth-order valence-corrected chi connectivity index (χ4v) is 6.61. The van der Waals surface area contributed by atoms with Crippen molar-refractivity contribution in [3.05, 3.63) is 82.9 Å². The van der Waals surface area contributed by atoms with Crippen molar-refractivity contribution in [2.24, 2.45) is 5.92 Å². The standard InChI is InChI=1S/C34H41F4N5O2/c1-22-9-5-13-27(35)29(22)32(45)43-16-7-12-26(31(44)40-25-11-6-10-24(19-25)33(2,3)4)30(43)23-20-39-42(21-23)18-17-41-15-8-14-28(41)34(36,37)38/h5-6,9-11,13,19-21,26,28,30H,7-8,12,14-18H2,1-4H3,(H,40,44). The Morgan fingerprint density at radius 1 is 1.00 bits per heavy atom. The molecule has 2 saturated heterocycles. The van der Waals surface area contributed by atoms with Gasteiger partial charge in [-0.05, 0) is 73.9 Å². The Morgan fingerprint density at radius 3 is 2.44 bits per heavy atom. The number of aromatic nitrogens is 2. The Hall–Kier alpha value is -3.73. The minimum atomic E-state index is -4.29. The number of halogens is 4. The van der Waals surface area contributed by atoms with Crippen LogP contribution < -0.4 is 5.32 Å². The van der Waals surface area contributed by atoms with E-state index < -0.39 is 35.9 Å². The van der Waals surface area contributed by atoms with Crippen molar-refractivity contribution >= 4 is 17.5 Å². The van der Waals surface area contributed by atoms with Crippen LogP contribution in [0, 0.1) is 18.7 Å². The van der Waals surface area contributed by atoms with E-state index in [1.54, 1.807) is 41.0 Å². The highest BCUT2D eigenvalue weighted by Crippen LogP contribution is 2.39. The van der Waals surface area contributed by atoms with Crippen LogP contribution in [0.5, 0.6) is 0 Å². The summed E-state index contributed by atoms with van der Waals surface area (Å²) in [5.74, 6) is -2.09. The molecule has 0 saturated carbocycles. The van der Waals surface area contributed by atoms with Gasteiger partial charge in [-0.25, -0.2) is 4.39 Å². The van der Waals surface area contributed by atoms with E-state index >= 15 is 4.39 Å². The van der Waals surface area contributed by atoms with E-state index in [-0.39, 0.29) is 36.4 Å². The highest BCUT2D eigenvalue weighted by molar-refractivity contribution is 5.98. The Bertz CT molecular complexity index is 1510. The van der Waals surface area contributed by atoms with Crippen LogP contribution in [0.3, 0.4) is 0 Å². The molecule has 3 atom stereocenters. The first-order chi connectivity index (χ1) is 21.2. The average molecular weight is 628 g/mol. The van der Waals surface area contributed by atoms with Gasteiger partial charge in [0.25, 0.3) is 5.91 Å². The van der Waals surface area contributed by atoms with Crippen molar-refractivity contribution in [2.45, 2.75) is 83.6 Å². The van der Waals surface area contributed by atoms with Gasteiger partial charge >= 0.3 is 6.18 Å². The zero-order valence-electron chi connectivity index (χ0n) is 26.2. The molecule has 2 fully saturated rings. The van der Waals surface area contributed by atoms with Gasteiger partial charge in [-0.2, -0.15) is 18.3 Å². The SMILES string of the molecule is Cc1cccc(F)c1C(=O)N1CCCC(C(=O)Nc2cccc(C(C)(C)C)c2)C1c1cnn(CCN2CCCC2C(F)(F)F)c1. The number of aryl methyl sites for hydroxylation is 1. The van der Waals surface area contributed by atoms with Gasteiger partial charge in [-0.3, -0.25) is 19.2 Å². The average Bonchev–Trinajstić information content (AvgIpc) is 3.65. The van der Waals surface area contributed by atoms with Crippen LogP contribution in [0.4, 0.5) is 23.2 Å². The predicted octanol–water partition coefficient (Wildman–Crippen LogP) is 6.89. The summed E-state index contributed by atoms with van der Waals surface area (Å²) in [7, 11) is 0. The molecule has 1 N–H and O–H groups in total. The van der Waals surface area contributed by atoms with Gasteiger partial charge in [-0.1, -0.05) is 45.0 Å². The van der Waals surface area contributed by atoms with Crippen LogP contribution in [0.25, 0.3) is 0 Å². The van der Waals surface area contributed by atoms with Crippen molar-refractivity contribution in [3.8, 4) is 0 Å². The number of carbonyl (C=O) groups excluding carboxylic acids is 2. The van der Waals surface area contributed by atoms with E-state index in [9.17, 15) is 22.8 Å². The lowest BCUT2D eigenvalue weighted by molar-refractivity contribution is -0.176. The molecular formula is C34H41F4N5O2. The zero-order valence-corrected chi connectivity index (χ0v) is 26.2. The minimum Gasteiger partial charge on any atom is -0.331 e. The second kappa shape index (κ2) is 12.9. The van der Waals surface area contributed by atoms with Crippen molar-refractivity contribution in [1.29, 1.82) is 0 Å². The van der Waals surface area contributed by atoms with E-state index in [1.165, 1.54) is 11.0 Å². The predicted molar refractivity (Wildman–Crippen MR) is 164 cm³/mol. The molecule has 0 spiro atoms. The van der Waals surface area contributed by atoms with Crippen LogP contribution in [0.15, 0.2) is 54.9 Å². The number of nitrogens with one attached hydrogen (secondary N) is 1. The summed E-state index contributed by atoms with van der Waals surface area (Å²) in [5.41, 5.74) is 2.60. The Balaban J connectivity index is 1.44. The quantitative estimate of drug-likeness (QED) is 0.290. The lowest BCUT2D eigenvalue weighted by Crippen LogP contribution is -2.46. The van der Waals surface area contributed by atoms with E-state index in [4.69, 9.17) is 0 Å². The first kappa shape index (κ1) is 32.7. The highest BCUT2D eigenvalue weighted by atomic mass is 19.4. The Morgan fingerprint density at radius 2 is 1.73 bits per heavy atom. The molecule has 2 aromatic carbocycles. The fourth-order valence-electron chi connectivity index (χ4n) is 6.61. The summed E-state index contributed by atoms with van der Waals surface area (Å²) in [5, 5.41) is 7.47. The van der Waals surface area contributed by atoms with Crippen molar-refractivity contribution in [3.63, 3.8) is 0 Å². The second-order valence-corrected chi connectivity index (χ2v) is 13.2. The number of benzene rings is 2. The Kier molecular flexibility index (Phi) is 9.39. The van der Waals surface area contributed by atoms with Gasteiger partial charge in [0.2, 0.25) is 5.91 Å². The first-order valence-electron chi connectivity index (χ1n) is 15.5. The van der Waals surface area contributed by atoms with Crippen LogP contribution in [0.2, 0.25) is 0 Å². The number of hydrogen-bond acceptors (Lipinski definition) is 4. The smallest absolute Gasteiger partial charge is 0.331 e. The molecule has 2 aliphatic rings. The molecule has 7 nitrogen and oxygen atoms in total. The first-order valence-corrected chi connectivity index (χ1v) is 15.5. The number of amides is 2. The number of alkyl halides is 3. The van der Waals surface area contributed by atoms with Gasteiger partial charge in [0, 0.05) is 30.5 Å². The van der Waals surface area contributed by atoms with Crippen molar-refractivity contribution in [2.75, 3.05) is 25.0 Å². The molecule has 3 unspecified atom stereocenters.